The van der Waals surface area contributed by atoms with Gasteiger partial charge in [-0.3, -0.25) is 4.79 Å². The van der Waals surface area contributed by atoms with E-state index in [9.17, 15) is 14.7 Å². The van der Waals surface area contributed by atoms with Crippen molar-refractivity contribution < 1.29 is 19.4 Å². The number of amides is 2. The van der Waals surface area contributed by atoms with Gasteiger partial charge < -0.3 is 24.9 Å². The number of likely N-dealkylation sites (tertiary alicyclic amines) is 1. The molecule has 2 amide bonds. The quantitative estimate of drug-likeness (QED) is 0.886. The Morgan fingerprint density at radius 1 is 1.30 bits per heavy atom. The van der Waals surface area contributed by atoms with Crippen molar-refractivity contribution in [1.29, 1.82) is 0 Å². The third-order valence-corrected chi connectivity index (χ3v) is 4.62. The zero-order valence-corrected chi connectivity index (χ0v) is 14.1. The van der Waals surface area contributed by atoms with Crippen LogP contribution in [0.2, 0.25) is 10.0 Å². The van der Waals surface area contributed by atoms with Gasteiger partial charge in [0.05, 0.1) is 17.2 Å². The summed E-state index contributed by atoms with van der Waals surface area (Å²) in [6.45, 7) is 0.895. The molecule has 0 aliphatic carbocycles. The zero-order valence-electron chi connectivity index (χ0n) is 12.6. The molecule has 0 radical (unpaired) electrons. The molecule has 1 aromatic carbocycles. The number of halogens is 2. The minimum absolute atomic E-state index is 0.115. The average Bonchev–Trinajstić information content (AvgIpc) is 2.55. The van der Waals surface area contributed by atoms with Gasteiger partial charge in [0.15, 0.2) is 0 Å². The predicted octanol–water partition coefficient (Wildman–Crippen LogP) is 1.67. The molecule has 1 aromatic rings. The number of carboxylic acid groups (broad SMARTS) is 1. The molecule has 0 unspecified atom stereocenters. The number of hydrogen-bond donors (Lipinski definition) is 1. The van der Waals surface area contributed by atoms with Gasteiger partial charge in [-0.05, 0) is 18.9 Å². The molecule has 23 heavy (non-hydrogen) atoms. The first-order valence-electron chi connectivity index (χ1n) is 7.18. The lowest BCUT2D eigenvalue weighted by atomic mass is 9.96. The molecule has 0 atom stereocenters. The second-order valence-corrected chi connectivity index (χ2v) is 6.14. The molecule has 1 aliphatic heterocycles. The van der Waals surface area contributed by atoms with Crippen molar-refractivity contribution in [2.24, 2.45) is 5.92 Å². The van der Waals surface area contributed by atoms with Gasteiger partial charge in [0.2, 0.25) is 5.91 Å². The van der Waals surface area contributed by atoms with Crippen molar-refractivity contribution in [3.8, 4) is 5.75 Å². The van der Waals surface area contributed by atoms with Crippen LogP contribution >= 0.6 is 23.2 Å². The highest BCUT2D eigenvalue weighted by molar-refractivity contribution is 6.42. The first kappa shape index (κ1) is 17.7. The number of rotatable bonds is 4. The van der Waals surface area contributed by atoms with Gasteiger partial charge in [-0.1, -0.05) is 23.2 Å². The normalized spacial score (nSPS) is 15.3. The van der Waals surface area contributed by atoms with Crippen LogP contribution in [0.5, 0.6) is 5.75 Å². The van der Waals surface area contributed by atoms with Crippen LogP contribution in [0.1, 0.15) is 18.4 Å². The fourth-order valence-electron chi connectivity index (χ4n) is 2.55. The van der Waals surface area contributed by atoms with Gasteiger partial charge in [0.1, 0.15) is 11.8 Å². The summed E-state index contributed by atoms with van der Waals surface area (Å²) in [6, 6.07) is 3.26. The summed E-state index contributed by atoms with van der Waals surface area (Å²) in [6.07, 6.45) is -0.221. The number of methoxy groups -OCH3 is 1. The molecular weight excluding hydrogens is 343 g/mol. The van der Waals surface area contributed by atoms with Crippen LogP contribution in [-0.2, 0) is 11.3 Å². The molecule has 126 valence electrons. The predicted molar refractivity (Wildman–Crippen MR) is 84.6 cm³/mol. The Hall–Kier alpha value is -1.66. The minimum atomic E-state index is -1.19. The molecule has 0 bridgehead atoms. The summed E-state index contributed by atoms with van der Waals surface area (Å²) in [7, 11) is 1.51. The maximum absolute atomic E-state index is 12.2. The van der Waals surface area contributed by atoms with Crippen molar-refractivity contribution in [2.75, 3.05) is 20.2 Å². The van der Waals surface area contributed by atoms with E-state index < -0.39 is 6.09 Å². The molecular formula is C15H17Cl2N2O4-. The highest BCUT2D eigenvalue weighted by Gasteiger charge is 2.25. The van der Waals surface area contributed by atoms with E-state index in [4.69, 9.17) is 27.9 Å². The summed E-state index contributed by atoms with van der Waals surface area (Å²) in [4.78, 5) is 24.2. The third-order valence-electron chi connectivity index (χ3n) is 3.90. The fraction of sp³-hybridized carbons (Fsp3) is 0.467. The maximum atomic E-state index is 12.2. The summed E-state index contributed by atoms with van der Waals surface area (Å²) in [5.74, 6) is 0.224. The standard InChI is InChI=1S/C15H18Cl2N2O4/c1-23-13-7-12(17)11(16)6-10(13)8-18-14(20)9-2-4-19(5-3-9)15(21)22/h6-7,9H,2-5,8H2,1H3,(H,18,20)(H,21,22)/p-1. The van der Waals surface area contributed by atoms with Crippen LogP contribution in [0.3, 0.4) is 0 Å². The van der Waals surface area contributed by atoms with Gasteiger partial charge in [0.25, 0.3) is 0 Å². The van der Waals surface area contributed by atoms with Crippen molar-refractivity contribution in [2.45, 2.75) is 19.4 Å². The lowest BCUT2D eigenvalue weighted by molar-refractivity contribution is -0.266. The van der Waals surface area contributed by atoms with Gasteiger partial charge in [-0.2, -0.15) is 0 Å². The zero-order chi connectivity index (χ0) is 17.0. The SMILES string of the molecule is COc1cc(Cl)c(Cl)cc1CNC(=O)C1CCN(C(=O)[O-])CC1. The number of carbonyl (C=O) groups is 2. The highest BCUT2D eigenvalue weighted by Crippen LogP contribution is 2.30. The second-order valence-electron chi connectivity index (χ2n) is 5.32. The van der Waals surface area contributed by atoms with Crippen LogP contribution in [0.15, 0.2) is 12.1 Å². The van der Waals surface area contributed by atoms with E-state index in [0.29, 0.717) is 41.7 Å². The molecule has 8 heteroatoms. The summed E-state index contributed by atoms with van der Waals surface area (Å²) < 4.78 is 5.23. The number of hydrogen-bond acceptors (Lipinski definition) is 4. The maximum Gasteiger partial charge on any atom is 0.223 e. The molecule has 1 heterocycles. The Kier molecular flexibility index (Phi) is 5.96. The lowest BCUT2D eigenvalue weighted by Crippen LogP contribution is -2.47. The number of ether oxygens (including phenoxy) is 1. The van der Waals surface area contributed by atoms with Gasteiger partial charge >= 0.3 is 0 Å². The van der Waals surface area contributed by atoms with E-state index in [1.807, 2.05) is 0 Å². The second kappa shape index (κ2) is 7.75. The monoisotopic (exact) mass is 359 g/mol. The molecule has 1 saturated heterocycles. The van der Waals surface area contributed by atoms with Crippen LogP contribution in [0, 0.1) is 5.92 Å². The summed E-state index contributed by atoms with van der Waals surface area (Å²) in [5, 5.41) is 14.4. The largest absolute Gasteiger partial charge is 0.530 e. The molecule has 0 aromatic heterocycles. The topological polar surface area (TPSA) is 81.7 Å². The Balaban J connectivity index is 1.92. The van der Waals surface area contributed by atoms with Crippen LogP contribution in [0.25, 0.3) is 0 Å². The minimum Gasteiger partial charge on any atom is -0.530 e. The van der Waals surface area contributed by atoms with Gasteiger partial charge in [-0.15, -0.1) is 0 Å². The van der Waals surface area contributed by atoms with Crippen molar-refractivity contribution in [3.63, 3.8) is 0 Å². The van der Waals surface area contributed by atoms with Crippen molar-refractivity contribution >= 4 is 35.2 Å². The summed E-state index contributed by atoms with van der Waals surface area (Å²) in [5.41, 5.74) is 0.724. The third kappa shape index (κ3) is 4.42. The Morgan fingerprint density at radius 2 is 1.91 bits per heavy atom. The number of nitrogens with zero attached hydrogens (tertiary/aromatic N) is 1. The van der Waals surface area contributed by atoms with Crippen molar-refractivity contribution in [1.82, 2.24) is 10.2 Å². The van der Waals surface area contributed by atoms with Crippen LogP contribution in [-0.4, -0.2) is 37.1 Å². The fourth-order valence-corrected chi connectivity index (χ4v) is 2.89. The van der Waals surface area contributed by atoms with E-state index >= 15 is 0 Å². The van der Waals surface area contributed by atoms with E-state index in [0.717, 1.165) is 5.56 Å². The Bertz CT molecular complexity index is 601. The molecule has 1 aliphatic rings. The van der Waals surface area contributed by atoms with E-state index in [1.165, 1.54) is 12.0 Å². The number of benzene rings is 1. The van der Waals surface area contributed by atoms with Gasteiger partial charge in [0, 0.05) is 37.2 Å². The first-order chi connectivity index (χ1) is 10.9. The van der Waals surface area contributed by atoms with E-state index in [1.54, 1.807) is 12.1 Å². The number of nitrogens with one attached hydrogen (secondary N) is 1. The molecule has 2 rings (SSSR count). The molecule has 0 saturated carbocycles. The molecule has 6 nitrogen and oxygen atoms in total. The number of piperidine rings is 1. The van der Waals surface area contributed by atoms with E-state index in [-0.39, 0.29) is 18.4 Å². The number of carbonyl (C=O) groups excluding carboxylic acids is 2. The average molecular weight is 360 g/mol. The first-order valence-corrected chi connectivity index (χ1v) is 7.93. The Morgan fingerprint density at radius 3 is 2.48 bits per heavy atom. The molecule has 1 N–H and O–H groups in total. The molecule has 0 spiro atoms. The van der Waals surface area contributed by atoms with Crippen molar-refractivity contribution in [3.05, 3.63) is 27.7 Å². The summed E-state index contributed by atoms with van der Waals surface area (Å²) >= 11 is 11.9. The lowest BCUT2D eigenvalue weighted by Gasteiger charge is -2.33. The van der Waals surface area contributed by atoms with Gasteiger partial charge in [-0.25, -0.2) is 0 Å². The van der Waals surface area contributed by atoms with Crippen LogP contribution in [0.4, 0.5) is 4.79 Å². The van der Waals surface area contributed by atoms with E-state index in [2.05, 4.69) is 5.32 Å². The smallest absolute Gasteiger partial charge is 0.223 e. The Labute approximate surface area is 144 Å². The molecule has 1 fully saturated rings. The highest BCUT2D eigenvalue weighted by atomic mass is 35.5. The van der Waals surface area contributed by atoms with Crippen LogP contribution < -0.4 is 15.2 Å².